The molecule has 0 bridgehead atoms. The van der Waals surface area contributed by atoms with Gasteiger partial charge in [-0.15, -0.1) is 0 Å². The first-order valence-corrected chi connectivity index (χ1v) is 5.83. The van der Waals surface area contributed by atoms with Crippen LogP contribution in [-0.2, 0) is 4.79 Å². The molecule has 1 aromatic heterocycles. The summed E-state index contributed by atoms with van der Waals surface area (Å²) < 4.78 is 49.3. The van der Waals surface area contributed by atoms with Gasteiger partial charge in [-0.3, -0.25) is 4.79 Å². The normalized spacial score (nSPS) is 11.4. The zero-order valence-corrected chi connectivity index (χ0v) is 10.5. The largest absolute Gasteiger partial charge is 0.405 e. The fraction of sp³-hybridized carbons (Fsp3) is 0.250. The summed E-state index contributed by atoms with van der Waals surface area (Å²) in [5.74, 6) is -1.24. The summed E-state index contributed by atoms with van der Waals surface area (Å²) in [4.78, 5) is 18.9. The zero-order valence-electron chi connectivity index (χ0n) is 10.5. The number of benzene rings is 1. The van der Waals surface area contributed by atoms with Crippen molar-refractivity contribution < 1.29 is 22.4 Å². The van der Waals surface area contributed by atoms with E-state index in [4.69, 9.17) is 0 Å². The molecule has 9 heteroatoms. The van der Waals surface area contributed by atoms with Gasteiger partial charge in [-0.1, -0.05) is 6.07 Å². The molecular weight excluding hydrogens is 292 g/mol. The number of amides is 1. The first kappa shape index (κ1) is 14.9. The molecule has 5 nitrogen and oxygen atoms in total. The monoisotopic (exact) mass is 302 g/mol. The number of hydrogen-bond donors (Lipinski definition) is 2. The Bertz CT molecular complexity index is 659. The fourth-order valence-electron chi connectivity index (χ4n) is 1.62. The van der Waals surface area contributed by atoms with Crippen LogP contribution >= 0.6 is 0 Å². The van der Waals surface area contributed by atoms with Crippen molar-refractivity contribution in [1.82, 2.24) is 15.3 Å². The number of nitrogens with one attached hydrogen (secondary N) is 2. The highest BCUT2D eigenvalue weighted by Crippen LogP contribution is 2.20. The second-order valence-corrected chi connectivity index (χ2v) is 4.10. The number of nitrogens with zero attached hydrogens (tertiary/aromatic N) is 2. The maximum atomic E-state index is 13.5. The molecule has 0 saturated carbocycles. The summed E-state index contributed by atoms with van der Waals surface area (Å²) in [6, 6.07) is 4.19. The minimum atomic E-state index is -4.47. The number of anilines is 1. The highest BCUT2D eigenvalue weighted by Gasteiger charge is 2.27. The molecule has 0 unspecified atom stereocenters. The molecule has 0 spiro atoms. The van der Waals surface area contributed by atoms with Crippen molar-refractivity contribution in [2.75, 3.05) is 18.4 Å². The molecular formula is C12H10F4N4O. The molecule has 0 aliphatic carbocycles. The van der Waals surface area contributed by atoms with Crippen LogP contribution in [-0.4, -0.2) is 35.1 Å². The molecule has 2 aromatic rings. The average molecular weight is 302 g/mol. The molecule has 0 saturated heterocycles. The Labute approximate surface area is 116 Å². The van der Waals surface area contributed by atoms with Gasteiger partial charge in [0.15, 0.2) is 0 Å². The quantitative estimate of drug-likeness (QED) is 0.846. The Kier molecular flexibility index (Phi) is 4.20. The Balaban J connectivity index is 2.04. The van der Waals surface area contributed by atoms with Gasteiger partial charge in [-0.2, -0.15) is 13.2 Å². The van der Waals surface area contributed by atoms with Crippen LogP contribution in [0.25, 0.3) is 10.9 Å². The van der Waals surface area contributed by atoms with Crippen LogP contribution in [0.15, 0.2) is 24.5 Å². The fourth-order valence-corrected chi connectivity index (χ4v) is 1.62. The minimum Gasteiger partial charge on any atom is -0.360 e. The Morgan fingerprint density at radius 1 is 1.24 bits per heavy atom. The summed E-state index contributed by atoms with van der Waals surface area (Å²) in [5, 5.41) is 4.60. The molecule has 0 aliphatic heterocycles. The summed E-state index contributed by atoms with van der Waals surface area (Å²) in [6.45, 7) is -1.83. The second-order valence-electron chi connectivity index (χ2n) is 4.10. The van der Waals surface area contributed by atoms with Crippen LogP contribution in [0.3, 0.4) is 0 Å². The lowest BCUT2D eigenvalue weighted by molar-refractivity contribution is -0.137. The molecule has 2 N–H and O–H groups in total. The van der Waals surface area contributed by atoms with Crippen molar-refractivity contribution in [3.63, 3.8) is 0 Å². The molecule has 0 aliphatic rings. The van der Waals surface area contributed by atoms with Gasteiger partial charge in [-0.05, 0) is 12.1 Å². The molecule has 0 atom stereocenters. The number of carbonyl (C=O) groups is 1. The number of para-hydroxylation sites is 1. The molecule has 112 valence electrons. The highest BCUT2D eigenvalue weighted by atomic mass is 19.4. The standard InChI is InChI=1S/C12H10F4N4O/c13-8-3-1-2-7-10(8)19-6-20-11(7)17-4-9(21)18-5-12(14,15)16/h1-3,6H,4-5H2,(H,18,21)(H,17,19,20). The third kappa shape index (κ3) is 4.01. The number of alkyl halides is 3. The summed E-state index contributed by atoms with van der Waals surface area (Å²) in [5.41, 5.74) is 0.0608. The number of hydrogen-bond acceptors (Lipinski definition) is 4. The predicted octanol–water partition coefficient (Wildman–Crippen LogP) is 1.86. The minimum absolute atomic E-state index is 0.0608. The summed E-state index contributed by atoms with van der Waals surface area (Å²) in [7, 11) is 0. The van der Waals surface area contributed by atoms with Crippen LogP contribution in [0.2, 0.25) is 0 Å². The van der Waals surface area contributed by atoms with Crippen LogP contribution in [0.5, 0.6) is 0 Å². The van der Waals surface area contributed by atoms with Gasteiger partial charge in [0.25, 0.3) is 0 Å². The first-order valence-electron chi connectivity index (χ1n) is 5.83. The van der Waals surface area contributed by atoms with Crippen molar-refractivity contribution in [2.45, 2.75) is 6.18 Å². The van der Waals surface area contributed by atoms with E-state index in [1.807, 2.05) is 0 Å². The van der Waals surface area contributed by atoms with Crippen molar-refractivity contribution in [3.8, 4) is 0 Å². The van der Waals surface area contributed by atoms with Gasteiger partial charge < -0.3 is 10.6 Å². The smallest absolute Gasteiger partial charge is 0.360 e. The SMILES string of the molecule is O=C(CNc1ncnc2c(F)cccc12)NCC(F)(F)F. The molecule has 1 heterocycles. The topological polar surface area (TPSA) is 66.9 Å². The van der Waals surface area contributed by atoms with E-state index in [0.717, 1.165) is 6.33 Å². The number of fused-ring (bicyclic) bond motifs is 1. The predicted molar refractivity (Wildman–Crippen MR) is 67.1 cm³/mol. The first-order chi connectivity index (χ1) is 9.87. The van der Waals surface area contributed by atoms with Crippen LogP contribution in [0.1, 0.15) is 0 Å². The van der Waals surface area contributed by atoms with Crippen molar-refractivity contribution in [1.29, 1.82) is 0 Å². The van der Waals surface area contributed by atoms with Crippen molar-refractivity contribution >= 4 is 22.6 Å². The van der Waals surface area contributed by atoms with Crippen LogP contribution in [0, 0.1) is 5.82 Å². The molecule has 21 heavy (non-hydrogen) atoms. The van der Waals surface area contributed by atoms with Gasteiger partial charge in [0.2, 0.25) is 5.91 Å². The molecule has 2 rings (SSSR count). The Morgan fingerprint density at radius 3 is 2.71 bits per heavy atom. The van der Waals surface area contributed by atoms with E-state index in [-0.39, 0.29) is 11.3 Å². The van der Waals surface area contributed by atoms with Crippen LogP contribution in [0.4, 0.5) is 23.4 Å². The number of rotatable bonds is 4. The summed E-state index contributed by atoms with van der Waals surface area (Å²) >= 11 is 0. The third-order valence-corrected chi connectivity index (χ3v) is 2.52. The molecule has 1 amide bonds. The molecule has 1 aromatic carbocycles. The molecule has 0 radical (unpaired) electrons. The summed E-state index contributed by atoms with van der Waals surface area (Å²) in [6.07, 6.45) is -3.37. The van der Waals surface area contributed by atoms with E-state index in [1.165, 1.54) is 18.2 Å². The van der Waals surface area contributed by atoms with Gasteiger partial charge in [0.1, 0.15) is 30.0 Å². The van der Waals surface area contributed by atoms with E-state index in [1.54, 1.807) is 5.32 Å². The maximum Gasteiger partial charge on any atom is 0.405 e. The highest BCUT2D eigenvalue weighted by molar-refractivity contribution is 5.91. The van der Waals surface area contributed by atoms with Crippen LogP contribution < -0.4 is 10.6 Å². The van der Waals surface area contributed by atoms with Gasteiger partial charge in [0.05, 0.1) is 6.54 Å². The number of halogens is 4. The number of aromatic nitrogens is 2. The van der Waals surface area contributed by atoms with Gasteiger partial charge in [-0.25, -0.2) is 14.4 Å². The van der Waals surface area contributed by atoms with E-state index in [9.17, 15) is 22.4 Å². The zero-order chi connectivity index (χ0) is 15.5. The number of carbonyl (C=O) groups excluding carboxylic acids is 1. The third-order valence-electron chi connectivity index (χ3n) is 2.52. The molecule has 0 fully saturated rings. The van der Waals surface area contributed by atoms with E-state index in [0.29, 0.717) is 5.39 Å². The van der Waals surface area contributed by atoms with E-state index >= 15 is 0 Å². The van der Waals surface area contributed by atoms with E-state index in [2.05, 4.69) is 15.3 Å². The van der Waals surface area contributed by atoms with Gasteiger partial charge in [0, 0.05) is 5.39 Å². The van der Waals surface area contributed by atoms with Crippen molar-refractivity contribution in [2.24, 2.45) is 0 Å². The average Bonchev–Trinajstić information content (AvgIpc) is 2.42. The lowest BCUT2D eigenvalue weighted by atomic mass is 10.2. The maximum absolute atomic E-state index is 13.5. The van der Waals surface area contributed by atoms with E-state index < -0.39 is 31.0 Å². The lowest BCUT2D eigenvalue weighted by Crippen LogP contribution is -2.37. The van der Waals surface area contributed by atoms with Crippen molar-refractivity contribution in [3.05, 3.63) is 30.3 Å². The lowest BCUT2D eigenvalue weighted by Gasteiger charge is -2.10. The van der Waals surface area contributed by atoms with Gasteiger partial charge >= 0.3 is 6.18 Å². The second kappa shape index (κ2) is 5.90. The Morgan fingerprint density at radius 2 is 2.00 bits per heavy atom. The Hall–Kier alpha value is -2.45.